The van der Waals surface area contributed by atoms with E-state index in [2.05, 4.69) is 54.1 Å². The van der Waals surface area contributed by atoms with Crippen LogP contribution in [0, 0.1) is 0 Å². The van der Waals surface area contributed by atoms with E-state index in [9.17, 15) is 0 Å². The van der Waals surface area contributed by atoms with Crippen molar-refractivity contribution in [2.45, 2.75) is 26.7 Å². The van der Waals surface area contributed by atoms with Gasteiger partial charge in [0, 0.05) is 12.4 Å². The van der Waals surface area contributed by atoms with Crippen molar-refractivity contribution in [2.24, 2.45) is 0 Å². The molecule has 0 spiro atoms. The van der Waals surface area contributed by atoms with Gasteiger partial charge in [0.25, 0.3) is 0 Å². The van der Waals surface area contributed by atoms with Crippen molar-refractivity contribution in [3.05, 3.63) is 54.4 Å². The maximum absolute atomic E-state index is 5.82. The lowest BCUT2D eigenvalue weighted by atomic mass is 10.0. The van der Waals surface area contributed by atoms with Crippen LogP contribution in [0.25, 0.3) is 22.2 Å². The van der Waals surface area contributed by atoms with Crippen LogP contribution in [0.3, 0.4) is 0 Å². The van der Waals surface area contributed by atoms with Crippen molar-refractivity contribution in [2.75, 3.05) is 6.61 Å². The molecule has 0 aliphatic heterocycles. The fourth-order valence-corrected chi connectivity index (χ4v) is 2.53. The van der Waals surface area contributed by atoms with E-state index in [0.717, 1.165) is 41.8 Å². The molecule has 0 bridgehead atoms. The summed E-state index contributed by atoms with van der Waals surface area (Å²) >= 11 is 0. The number of hydrogen-bond donors (Lipinski definition) is 0. The van der Waals surface area contributed by atoms with Crippen molar-refractivity contribution in [3.8, 4) is 16.9 Å². The zero-order valence-corrected chi connectivity index (χ0v) is 13.0. The van der Waals surface area contributed by atoms with E-state index < -0.39 is 0 Å². The third-order valence-electron chi connectivity index (χ3n) is 3.71. The average molecular weight is 292 g/mol. The van der Waals surface area contributed by atoms with Gasteiger partial charge in [-0.25, -0.2) is 0 Å². The molecule has 3 heteroatoms. The minimum atomic E-state index is 0.762. The summed E-state index contributed by atoms with van der Waals surface area (Å²) in [7, 11) is 0. The topological polar surface area (TPSA) is 35.0 Å². The van der Waals surface area contributed by atoms with Gasteiger partial charge >= 0.3 is 0 Å². The Morgan fingerprint density at radius 1 is 0.864 bits per heavy atom. The molecule has 0 amide bonds. The number of hydrogen-bond acceptors (Lipinski definition) is 3. The summed E-state index contributed by atoms with van der Waals surface area (Å²) in [5, 5.41) is 0. The molecule has 3 rings (SSSR count). The summed E-state index contributed by atoms with van der Waals surface area (Å²) in [6.45, 7) is 5.04. The summed E-state index contributed by atoms with van der Waals surface area (Å²) in [4.78, 5) is 8.70. The van der Waals surface area contributed by atoms with Gasteiger partial charge in [0.05, 0.1) is 17.6 Å². The summed E-state index contributed by atoms with van der Waals surface area (Å²) in [5.74, 6) is 0.994. The molecule has 0 fully saturated rings. The number of benzene rings is 2. The second kappa shape index (κ2) is 6.56. The van der Waals surface area contributed by atoms with Crippen molar-refractivity contribution in [3.63, 3.8) is 0 Å². The van der Waals surface area contributed by atoms with Crippen LogP contribution < -0.4 is 4.74 Å². The fraction of sp³-hybridized carbons (Fsp3) is 0.263. The average Bonchev–Trinajstić information content (AvgIpc) is 2.59. The third kappa shape index (κ3) is 2.93. The Morgan fingerprint density at radius 2 is 1.59 bits per heavy atom. The third-order valence-corrected chi connectivity index (χ3v) is 3.71. The van der Waals surface area contributed by atoms with E-state index >= 15 is 0 Å². The molecule has 0 atom stereocenters. The lowest BCUT2D eigenvalue weighted by Gasteiger charge is -2.12. The van der Waals surface area contributed by atoms with Crippen molar-refractivity contribution >= 4 is 11.0 Å². The van der Waals surface area contributed by atoms with Crippen molar-refractivity contribution in [1.82, 2.24) is 9.97 Å². The van der Waals surface area contributed by atoms with E-state index in [1.54, 1.807) is 12.4 Å². The smallest absolute Gasteiger partial charge is 0.122 e. The number of aryl methyl sites for hydroxylation is 1. The van der Waals surface area contributed by atoms with Crippen LogP contribution >= 0.6 is 0 Å². The lowest BCUT2D eigenvalue weighted by Crippen LogP contribution is -1.98. The van der Waals surface area contributed by atoms with E-state index in [1.165, 1.54) is 11.1 Å². The zero-order chi connectivity index (χ0) is 15.4. The van der Waals surface area contributed by atoms with Gasteiger partial charge in [0.1, 0.15) is 5.75 Å². The van der Waals surface area contributed by atoms with Gasteiger partial charge in [0.15, 0.2) is 0 Å². The minimum Gasteiger partial charge on any atom is -0.493 e. The number of nitrogens with zero attached hydrogens (tertiary/aromatic N) is 2. The molecule has 3 aromatic rings. The molecule has 0 aliphatic carbocycles. The van der Waals surface area contributed by atoms with E-state index in [4.69, 9.17) is 4.74 Å². The maximum atomic E-state index is 5.82. The van der Waals surface area contributed by atoms with Gasteiger partial charge in [0.2, 0.25) is 0 Å². The number of fused-ring (bicyclic) bond motifs is 1. The van der Waals surface area contributed by atoms with Crippen molar-refractivity contribution in [1.29, 1.82) is 0 Å². The molecule has 0 unspecified atom stereocenters. The van der Waals surface area contributed by atoms with Crippen molar-refractivity contribution < 1.29 is 4.74 Å². The van der Waals surface area contributed by atoms with Crippen LogP contribution in [0.15, 0.2) is 48.8 Å². The molecule has 22 heavy (non-hydrogen) atoms. The number of rotatable bonds is 5. The molecule has 0 saturated heterocycles. The first-order valence-corrected chi connectivity index (χ1v) is 7.78. The normalized spacial score (nSPS) is 10.8. The maximum Gasteiger partial charge on any atom is 0.122 e. The number of aromatic nitrogens is 2. The van der Waals surface area contributed by atoms with Gasteiger partial charge in [-0.15, -0.1) is 0 Å². The van der Waals surface area contributed by atoms with Gasteiger partial charge in [-0.05, 0) is 53.8 Å². The second-order valence-electron chi connectivity index (χ2n) is 5.28. The van der Waals surface area contributed by atoms with E-state index in [0.29, 0.717) is 0 Å². The van der Waals surface area contributed by atoms with E-state index in [-0.39, 0.29) is 0 Å². The standard InChI is InChI=1S/C19H20N2O/c1-3-11-22-19-8-6-15(12-14(19)4-2)16-5-7-17-18(13-16)21-10-9-20-17/h5-10,12-13H,3-4,11H2,1-2H3. The molecule has 1 aromatic heterocycles. The Morgan fingerprint density at radius 3 is 2.36 bits per heavy atom. The first-order valence-electron chi connectivity index (χ1n) is 7.78. The highest BCUT2D eigenvalue weighted by Gasteiger charge is 2.06. The zero-order valence-electron chi connectivity index (χ0n) is 13.0. The van der Waals surface area contributed by atoms with Gasteiger partial charge in [-0.1, -0.05) is 26.0 Å². The highest BCUT2D eigenvalue weighted by atomic mass is 16.5. The van der Waals surface area contributed by atoms with Crippen LogP contribution in [0.4, 0.5) is 0 Å². The van der Waals surface area contributed by atoms with Gasteiger partial charge in [-0.3, -0.25) is 9.97 Å². The first kappa shape index (κ1) is 14.5. The Hall–Kier alpha value is -2.42. The number of ether oxygens (including phenoxy) is 1. The molecule has 112 valence electrons. The summed E-state index contributed by atoms with van der Waals surface area (Å²) in [5.41, 5.74) is 5.43. The molecule has 0 saturated carbocycles. The predicted molar refractivity (Wildman–Crippen MR) is 90.1 cm³/mol. The Labute approximate surface area is 131 Å². The van der Waals surface area contributed by atoms with Crippen LogP contribution in [0.2, 0.25) is 0 Å². The predicted octanol–water partition coefficient (Wildman–Crippen LogP) is 4.65. The highest BCUT2D eigenvalue weighted by Crippen LogP contribution is 2.28. The van der Waals surface area contributed by atoms with Gasteiger partial charge < -0.3 is 4.74 Å². The lowest BCUT2D eigenvalue weighted by molar-refractivity contribution is 0.314. The van der Waals surface area contributed by atoms with E-state index in [1.807, 2.05) is 6.07 Å². The summed E-state index contributed by atoms with van der Waals surface area (Å²) < 4.78 is 5.82. The second-order valence-corrected chi connectivity index (χ2v) is 5.28. The largest absolute Gasteiger partial charge is 0.493 e. The fourth-order valence-electron chi connectivity index (χ4n) is 2.53. The highest BCUT2D eigenvalue weighted by molar-refractivity contribution is 5.81. The molecule has 0 aliphatic rings. The Kier molecular flexibility index (Phi) is 4.33. The SMILES string of the molecule is CCCOc1ccc(-c2ccc3nccnc3c2)cc1CC. The molecule has 2 aromatic carbocycles. The molecular weight excluding hydrogens is 272 g/mol. The summed E-state index contributed by atoms with van der Waals surface area (Å²) in [6, 6.07) is 12.6. The molecule has 0 radical (unpaired) electrons. The quantitative estimate of drug-likeness (QED) is 0.686. The molecular formula is C19H20N2O. The summed E-state index contributed by atoms with van der Waals surface area (Å²) in [6.07, 6.45) is 5.43. The monoisotopic (exact) mass is 292 g/mol. The molecule has 3 nitrogen and oxygen atoms in total. The van der Waals surface area contributed by atoms with Crippen LogP contribution in [-0.2, 0) is 6.42 Å². The first-order chi connectivity index (χ1) is 10.8. The molecule has 0 N–H and O–H groups in total. The van der Waals surface area contributed by atoms with Crippen LogP contribution in [-0.4, -0.2) is 16.6 Å². The Bertz CT molecular complexity index is 783. The minimum absolute atomic E-state index is 0.762. The Balaban J connectivity index is 1.99. The van der Waals surface area contributed by atoms with Gasteiger partial charge in [-0.2, -0.15) is 0 Å². The molecule has 1 heterocycles. The van der Waals surface area contributed by atoms with Crippen LogP contribution in [0.1, 0.15) is 25.8 Å². The van der Waals surface area contributed by atoms with Crippen LogP contribution in [0.5, 0.6) is 5.75 Å².